The first-order valence-corrected chi connectivity index (χ1v) is 10.6. The fraction of sp³-hybridized carbons (Fsp3) is 0.409. The predicted molar refractivity (Wildman–Crippen MR) is 111 cm³/mol. The topological polar surface area (TPSA) is 49.8 Å². The number of rotatable bonds is 6. The average Bonchev–Trinajstić information content (AvgIpc) is 3.52. The third-order valence-electron chi connectivity index (χ3n) is 5.49. The normalized spacial score (nSPS) is 19.9. The molecule has 2 aromatic carbocycles. The first kappa shape index (κ1) is 20.5. The van der Waals surface area contributed by atoms with Crippen LogP contribution in [-0.2, 0) is 6.54 Å². The molecule has 2 aromatic rings. The van der Waals surface area contributed by atoms with Crippen molar-refractivity contribution in [2.24, 2.45) is 0 Å². The first-order chi connectivity index (χ1) is 13.9. The summed E-state index contributed by atoms with van der Waals surface area (Å²) in [5.41, 5.74) is 1.59. The van der Waals surface area contributed by atoms with Gasteiger partial charge in [0.25, 0.3) is 0 Å². The summed E-state index contributed by atoms with van der Waals surface area (Å²) < 4.78 is 20.7. The summed E-state index contributed by atoms with van der Waals surface area (Å²) in [7, 11) is 0. The SMILES string of the molecule is O=C(O)c1cc(C2CC2)cc(OC2CCCN(Cc3ccc(Cl)c(Cl)c3)C2)c1F. The van der Waals surface area contributed by atoms with Gasteiger partial charge in [-0.1, -0.05) is 29.3 Å². The highest BCUT2D eigenvalue weighted by Crippen LogP contribution is 2.42. The van der Waals surface area contributed by atoms with Crippen molar-refractivity contribution in [1.29, 1.82) is 0 Å². The molecule has 29 heavy (non-hydrogen) atoms. The molecule has 1 saturated heterocycles. The lowest BCUT2D eigenvalue weighted by molar-refractivity contribution is 0.0680. The van der Waals surface area contributed by atoms with Crippen molar-refractivity contribution >= 4 is 29.2 Å². The van der Waals surface area contributed by atoms with Gasteiger partial charge in [0.2, 0.25) is 0 Å². The van der Waals surface area contributed by atoms with E-state index in [4.69, 9.17) is 27.9 Å². The van der Waals surface area contributed by atoms with Crippen LogP contribution >= 0.6 is 23.2 Å². The van der Waals surface area contributed by atoms with E-state index in [2.05, 4.69) is 4.90 Å². The Morgan fingerprint density at radius 3 is 2.66 bits per heavy atom. The van der Waals surface area contributed by atoms with E-state index in [-0.39, 0.29) is 17.4 Å². The van der Waals surface area contributed by atoms with Crippen LogP contribution in [0.3, 0.4) is 0 Å². The van der Waals surface area contributed by atoms with Crippen molar-refractivity contribution in [3.8, 4) is 5.75 Å². The number of carboxylic acids is 1. The van der Waals surface area contributed by atoms with Crippen LogP contribution in [0.5, 0.6) is 5.75 Å². The highest BCUT2D eigenvalue weighted by Gasteiger charge is 2.29. The molecule has 4 rings (SSSR count). The van der Waals surface area contributed by atoms with Gasteiger partial charge in [-0.2, -0.15) is 0 Å². The Hall–Kier alpha value is -1.82. The van der Waals surface area contributed by atoms with Crippen LogP contribution < -0.4 is 4.74 Å². The Morgan fingerprint density at radius 2 is 1.97 bits per heavy atom. The van der Waals surface area contributed by atoms with Crippen LogP contribution in [0.1, 0.15) is 53.1 Å². The summed E-state index contributed by atoms with van der Waals surface area (Å²) in [6.07, 6.45) is 3.53. The Balaban J connectivity index is 1.47. The van der Waals surface area contributed by atoms with Crippen molar-refractivity contribution in [1.82, 2.24) is 4.90 Å². The molecule has 0 aromatic heterocycles. The number of aromatic carboxylic acids is 1. The zero-order valence-electron chi connectivity index (χ0n) is 15.8. The molecule has 0 bridgehead atoms. The van der Waals surface area contributed by atoms with Crippen molar-refractivity contribution in [2.75, 3.05) is 13.1 Å². The van der Waals surface area contributed by atoms with Crippen molar-refractivity contribution in [3.63, 3.8) is 0 Å². The molecule has 1 heterocycles. The van der Waals surface area contributed by atoms with E-state index < -0.39 is 11.8 Å². The summed E-state index contributed by atoms with van der Waals surface area (Å²) >= 11 is 12.1. The maximum Gasteiger partial charge on any atom is 0.338 e. The van der Waals surface area contributed by atoms with Gasteiger partial charge in [0.05, 0.1) is 15.6 Å². The number of ether oxygens (including phenoxy) is 1. The molecule has 2 fully saturated rings. The lowest BCUT2D eigenvalue weighted by Crippen LogP contribution is -2.40. The number of piperidine rings is 1. The molecule has 2 aliphatic rings. The average molecular weight is 438 g/mol. The molecule has 7 heteroatoms. The maximum atomic E-state index is 14.7. The Labute approximate surface area is 179 Å². The predicted octanol–water partition coefficient (Wildman–Crippen LogP) is 5.75. The number of nitrogens with zero attached hydrogens (tertiary/aromatic N) is 1. The molecule has 1 aliphatic heterocycles. The Bertz CT molecular complexity index is 933. The highest BCUT2D eigenvalue weighted by atomic mass is 35.5. The number of carbonyl (C=O) groups is 1. The zero-order chi connectivity index (χ0) is 20.5. The second-order valence-corrected chi connectivity index (χ2v) is 8.64. The third-order valence-corrected chi connectivity index (χ3v) is 6.23. The molecular formula is C22H22Cl2FNO3. The zero-order valence-corrected chi connectivity index (χ0v) is 17.3. The fourth-order valence-electron chi connectivity index (χ4n) is 3.84. The number of carboxylic acid groups (broad SMARTS) is 1. The van der Waals surface area contributed by atoms with E-state index in [1.54, 1.807) is 12.1 Å². The maximum absolute atomic E-state index is 14.7. The van der Waals surface area contributed by atoms with Crippen LogP contribution in [0.15, 0.2) is 30.3 Å². The van der Waals surface area contributed by atoms with Crippen LogP contribution in [0, 0.1) is 5.82 Å². The molecule has 4 nitrogen and oxygen atoms in total. The minimum Gasteiger partial charge on any atom is -0.486 e. The third kappa shape index (κ3) is 4.85. The van der Waals surface area contributed by atoms with Crippen LogP contribution in [0.25, 0.3) is 0 Å². The second-order valence-electron chi connectivity index (χ2n) is 7.83. The van der Waals surface area contributed by atoms with E-state index >= 15 is 0 Å². The molecule has 0 amide bonds. The van der Waals surface area contributed by atoms with Gasteiger partial charge >= 0.3 is 5.97 Å². The number of benzene rings is 2. The van der Waals surface area contributed by atoms with E-state index in [9.17, 15) is 14.3 Å². The largest absolute Gasteiger partial charge is 0.486 e. The number of hydrogen-bond acceptors (Lipinski definition) is 3. The van der Waals surface area contributed by atoms with Crippen LogP contribution in [0.4, 0.5) is 4.39 Å². The molecule has 1 atom stereocenters. The summed E-state index contributed by atoms with van der Waals surface area (Å²) in [6.45, 7) is 2.24. The molecule has 1 N–H and O–H groups in total. The van der Waals surface area contributed by atoms with Gasteiger partial charge < -0.3 is 9.84 Å². The summed E-state index contributed by atoms with van der Waals surface area (Å²) in [5, 5.41) is 10.4. The molecule has 1 unspecified atom stereocenters. The standard InChI is InChI=1S/C22H22Cl2FNO3/c23-18-6-3-13(8-19(18)24)11-26-7-1-2-16(12-26)29-20-10-15(14-4-5-14)9-17(21(20)25)22(27)28/h3,6,8-10,14,16H,1-2,4-5,7,11-12H2,(H,27,28). The number of halogens is 3. The molecule has 0 radical (unpaired) electrons. The summed E-state index contributed by atoms with van der Waals surface area (Å²) in [6, 6.07) is 8.70. The summed E-state index contributed by atoms with van der Waals surface area (Å²) in [5.74, 6) is -1.69. The van der Waals surface area contributed by atoms with E-state index in [1.807, 2.05) is 12.1 Å². The summed E-state index contributed by atoms with van der Waals surface area (Å²) in [4.78, 5) is 13.7. The van der Waals surface area contributed by atoms with E-state index in [0.717, 1.165) is 43.4 Å². The minimum absolute atomic E-state index is 0.0492. The number of likely N-dealkylation sites (tertiary alicyclic amines) is 1. The highest BCUT2D eigenvalue weighted by molar-refractivity contribution is 6.42. The molecule has 1 saturated carbocycles. The molecule has 0 spiro atoms. The van der Waals surface area contributed by atoms with Crippen molar-refractivity contribution in [2.45, 2.75) is 44.2 Å². The fourth-order valence-corrected chi connectivity index (χ4v) is 4.16. The number of hydrogen-bond donors (Lipinski definition) is 1. The smallest absolute Gasteiger partial charge is 0.338 e. The quantitative estimate of drug-likeness (QED) is 0.624. The van der Waals surface area contributed by atoms with Gasteiger partial charge in [-0.05, 0) is 73.5 Å². The Kier molecular flexibility index (Phi) is 6.00. The lowest BCUT2D eigenvalue weighted by Gasteiger charge is -2.33. The monoisotopic (exact) mass is 437 g/mol. The minimum atomic E-state index is -1.26. The Morgan fingerprint density at radius 1 is 1.17 bits per heavy atom. The molecular weight excluding hydrogens is 416 g/mol. The van der Waals surface area contributed by atoms with Gasteiger partial charge in [-0.3, -0.25) is 4.90 Å². The van der Waals surface area contributed by atoms with E-state index in [1.165, 1.54) is 6.07 Å². The van der Waals surface area contributed by atoms with Gasteiger partial charge in [0.1, 0.15) is 6.10 Å². The van der Waals surface area contributed by atoms with Crippen LogP contribution in [-0.4, -0.2) is 35.2 Å². The van der Waals surface area contributed by atoms with Crippen LogP contribution in [0.2, 0.25) is 10.0 Å². The second kappa shape index (κ2) is 8.50. The molecule has 1 aliphatic carbocycles. The van der Waals surface area contributed by atoms with E-state index in [0.29, 0.717) is 29.1 Å². The molecule has 154 valence electrons. The van der Waals surface area contributed by atoms with Crippen molar-refractivity contribution < 1.29 is 19.0 Å². The van der Waals surface area contributed by atoms with Gasteiger partial charge in [0.15, 0.2) is 11.6 Å². The van der Waals surface area contributed by atoms with Gasteiger partial charge in [0, 0.05) is 13.1 Å². The lowest BCUT2D eigenvalue weighted by atomic mass is 10.0. The first-order valence-electron chi connectivity index (χ1n) is 9.80. The van der Waals surface area contributed by atoms with Gasteiger partial charge in [-0.15, -0.1) is 0 Å². The van der Waals surface area contributed by atoms with Crippen molar-refractivity contribution in [3.05, 3.63) is 62.9 Å². The van der Waals surface area contributed by atoms with Gasteiger partial charge in [-0.25, -0.2) is 9.18 Å².